The van der Waals surface area contributed by atoms with Crippen LogP contribution in [0.3, 0.4) is 0 Å². The van der Waals surface area contributed by atoms with E-state index >= 15 is 0 Å². The van der Waals surface area contributed by atoms with E-state index in [1.165, 1.54) is 0 Å². The number of rotatable bonds is 1. The van der Waals surface area contributed by atoms with Crippen LogP contribution in [-0.2, 0) is 0 Å². The van der Waals surface area contributed by atoms with Gasteiger partial charge in [-0.2, -0.15) is 0 Å². The van der Waals surface area contributed by atoms with Crippen molar-refractivity contribution in [3.05, 3.63) is 38.9 Å². The molecular weight excluding hydrogens is 298 g/mol. The normalized spacial score (nSPS) is 13.3. The second kappa shape index (κ2) is 3.93. The van der Waals surface area contributed by atoms with Gasteiger partial charge in [-0.1, -0.05) is 15.9 Å². The number of furan rings is 1. The predicted octanol–water partition coefficient (Wildman–Crippen LogP) is 2.45. The maximum Gasteiger partial charge on any atom is 0.294 e. The molecule has 18 heavy (non-hydrogen) atoms. The van der Waals surface area contributed by atoms with Gasteiger partial charge in [-0.15, -0.1) is 0 Å². The largest absolute Gasteiger partial charge is 0.449 e. The molecule has 3 aromatic rings. The van der Waals surface area contributed by atoms with E-state index in [-0.39, 0.29) is 17.2 Å². The molecule has 0 aliphatic heterocycles. The number of fused-ring (bicyclic) bond motifs is 3. The summed E-state index contributed by atoms with van der Waals surface area (Å²) in [6.07, 6.45) is 0. The van der Waals surface area contributed by atoms with Crippen molar-refractivity contribution >= 4 is 38.0 Å². The summed E-state index contributed by atoms with van der Waals surface area (Å²) in [5.74, 6) is 0.454. The first kappa shape index (κ1) is 11.4. The zero-order chi connectivity index (χ0) is 12.9. The molecule has 0 spiro atoms. The summed E-state index contributed by atoms with van der Waals surface area (Å²) in [5, 5.41) is 0.798. The Balaban J connectivity index is 2.49. The van der Waals surface area contributed by atoms with Gasteiger partial charge in [-0.3, -0.25) is 4.79 Å². The van der Waals surface area contributed by atoms with Crippen LogP contribution in [0, 0.1) is 0 Å². The Morgan fingerprint density at radius 1 is 1.50 bits per heavy atom. The highest BCUT2D eigenvalue weighted by Crippen LogP contribution is 2.28. The Morgan fingerprint density at radius 2 is 2.28 bits per heavy atom. The maximum atomic E-state index is 11.9. The molecule has 0 amide bonds. The molecule has 0 radical (unpaired) electrons. The molecule has 0 saturated carbocycles. The third-order valence-electron chi connectivity index (χ3n) is 2.74. The van der Waals surface area contributed by atoms with Crippen molar-refractivity contribution in [1.29, 1.82) is 0 Å². The number of hydrogen-bond acceptors (Lipinski definition) is 4. The molecule has 3 rings (SSSR count). The Bertz CT molecular complexity index is 804. The first-order valence-corrected chi connectivity index (χ1v) is 6.23. The number of nitrogens with two attached hydrogens (primary N) is 1. The quantitative estimate of drug-likeness (QED) is 0.723. The van der Waals surface area contributed by atoms with Crippen LogP contribution in [0.1, 0.15) is 18.8 Å². The first-order valence-electron chi connectivity index (χ1n) is 5.44. The lowest BCUT2D eigenvalue weighted by atomic mass is 10.2. The average molecular weight is 308 g/mol. The van der Waals surface area contributed by atoms with Crippen LogP contribution >= 0.6 is 15.9 Å². The molecule has 0 fully saturated rings. The Hall–Kier alpha value is -1.66. The summed E-state index contributed by atoms with van der Waals surface area (Å²) in [7, 11) is 0. The monoisotopic (exact) mass is 307 g/mol. The van der Waals surface area contributed by atoms with Crippen LogP contribution in [-0.4, -0.2) is 9.97 Å². The summed E-state index contributed by atoms with van der Waals surface area (Å²) in [6, 6.07) is 5.19. The molecule has 6 heteroatoms. The highest BCUT2D eigenvalue weighted by atomic mass is 79.9. The van der Waals surface area contributed by atoms with Crippen LogP contribution in [0.4, 0.5) is 0 Å². The number of nitrogens with zero attached hydrogens (tertiary/aromatic N) is 1. The number of aromatic nitrogens is 2. The molecule has 0 aliphatic rings. The molecule has 5 nitrogen and oxygen atoms in total. The minimum atomic E-state index is -0.334. The van der Waals surface area contributed by atoms with Crippen molar-refractivity contribution in [2.75, 3.05) is 0 Å². The van der Waals surface area contributed by atoms with Gasteiger partial charge in [0.15, 0.2) is 0 Å². The summed E-state index contributed by atoms with van der Waals surface area (Å²) in [5.41, 5.74) is 6.84. The van der Waals surface area contributed by atoms with E-state index < -0.39 is 0 Å². The fourth-order valence-corrected chi connectivity index (χ4v) is 2.22. The molecule has 92 valence electrons. The van der Waals surface area contributed by atoms with Gasteiger partial charge in [0.05, 0.1) is 6.04 Å². The third-order valence-corrected chi connectivity index (χ3v) is 3.23. The van der Waals surface area contributed by atoms with Crippen LogP contribution in [0.5, 0.6) is 0 Å². The van der Waals surface area contributed by atoms with Crippen LogP contribution in [0.2, 0.25) is 0 Å². The zero-order valence-corrected chi connectivity index (χ0v) is 11.1. The molecule has 3 N–H and O–H groups in total. The molecule has 0 bridgehead atoms. The van der Waals surface area contributed by atoms with Gasteiger partial charge in [0.1, 0.15) is 16.9 Å². The molecule has 0 saturated heterocycles. The predicted molar refractivity (Wildman–Crippen MR) is 72.4 cm³/mol. The molecular formula is C12H10BrN3O2. The second-order valence-corrected chi connectivity index (χ2v) is 5.08. The lowest BCUT2D eigenvalue weighted by molar-refractivity contribution is 0.655. The van der Waals surface area contributed by atoms with Gasteiger partial charge in [-0.05, 0) is 25.1 Å². The van der Waals surface area contributed by atoms with E-state index in [0.29, 0.717) is 16.9 Å². The van der Waals surface area contributed by atoms with Gasteiger partial charge in [0.2, 0.25) is 5.58 Å². The number of H-pyrrole nitrogens is 1. The Kier molecular flexibility index (Phi) is 2.49. The summed E-state index contributed by atoms with van der Waals surface area (Å²) < 4.78 is 6.41. The van der Waals surface area contributed by atoms with Crippen molar-refractivity contribution in [3.8, 4) is 0 Å². The van der Waals surface area contributed by atoms with Crippen molar-refractivity contribution in [1.82, 2.24) is 9.97 Å². The lowest BCUT2D eigenvalue weighted by Crippen LogP contribution is -2.17. The van der Waals surface area contributed by atoms with Gasteiger partial charge in [-0.25, -0.2) is 4.98 Å². The number of nitrogens with one attached hydrogen (secondary N) is 1. The highest BCUT2D eigenvalue weighted by molar-refractivity contribution is 9.10. The lowest BCUT2D eigenvalue weighted by Gasteiger charge is -2.02. The molecule has 2 heterocycles. The van der Waals surface area contributed by atoms with E-state index in [0.717, 1.165) is 9.86 Å². The standard InChI is InChI=1S/C12H10BrN3O2/c1-5(14)11-15-9-7-4-6(13)2-3-8(7)18-10(9)12(17)16-11/h2-5H,14H2,1H3,(H,15,16,17)/t5-/m0/s1. The Morgan fingerprint density at radius 3 is 3.00 bits per heavy atom. The molecule has 0 aliphatic carbocycles. The smallest absolute Gasteiger partial charge is 0.294 e. The maximum absolute atomic E-state index is 11.9. The van der Waals surface area contributed by atoms with Crippen molar-refractivity contribution in [2.24, 2.45) is 5.73 Å². The second-order valence-electron chi connectivity index (χ2n) is 4.16. The fraction of sp³-hybridized carbons (Fsp3) is 0.167. The van der Waals surface area contributed by atoms with E-state index in [2.05, 4.69) is 25.9 Å². The molecule has 2 aromatic heterocycles. The zero-order valence-electron chi connectivity index (χ0n) is 9.53. The van der Waals surface area contributed by atoms with Crippen LogP contribution < -0.4 is 11.3 Å². The van der Waals surface area contributed by atoms with E-state index in [9.17, 15) is 4.79 Å². The molecule has 0 unspecified atom stereocenters. The van der Waals surface area contributed by atoms with Gasteiger partial charge >= 0.3 is 0 Å². The average Bonchev–Trinajstić information content (AvgIpc) is 2.68. The topological polar surface area (TPSA) is 84.9 Å². The Labute approximate surface area is 110 Å². The van der Waals surface area contributed by atoms with Gasteiger partial charge in [0, 0.05) is 9.86 Å². The minimum Gasteiger partial charge on any atom is -0.449 e. The van der Waals surface area contributed by atoms with Gasteiger partial charge in [0.25, 0.3) is 5.56 Å². The number of hydrogen-bond donors (Lipinski definition) is 2. The summed E-state index contributed by atoms with van der Waals surface area (Å²) in [4.78, 5) is 18.9. The summed E-state index contributed by atoms with van der Waals surface area (Å²) >= 11 is 3.39. The molecule has 1 atom stereocenters. The van der Waals surface area contributed by atoms with Gasteiger partial charge < -0.3 is 15.1 Å². The first-order chi connectivity index (χ1) is 8.56. The fourth-order valence-electron chi connectivity index (χ4n) is 1.86. The number of halogens is 1. The summed E-state index contributed by atoms with van der Waals surface area (Å²) in [6.45, 7) is 1.77. The van der Waals surface area contributed by atoms with Crippen molar-refractivity contribution in [3.63, 3.8) is 0 Å². The van der Waals surface area contributed by atoms with Crippen molar-refractivity contribution < 1.29 is 4.42 Å². The number of aromatic amines is 1. The van der Waals surface area contributed by atoms with E-state index in [1.54, 1.807) is 13.0 Å². The molecule has 1 aromatic carbocycles. The van der Waals surface area contributed by atoms with Crippen LogP contribution in [0.25, 0.3) is 22.1 Å². The van der Waals surface area contributed by atoms with Crippen LogP contribution in [0.15, 0.2) is 31.9 Å². The van der Waals surface area contributed by atoms with Crippen molar-refractivity contribution in [2.45, 2.75) is 13.0 Å². The van der Waals surface area contributed by atoms with E-state index in [4.69, 9.17) is 10.2 Å². The SMILES string of the molecule is C[C@H](N)c1nc2c(oc3ccc(Br)cc32)c(=O)[nH]1. The third kappa shape index (κ3) is 1.65. The van der Waals surface area contributed by atoms with E-state index in [1.807, 2.05) is 12.1 Å². The minimum absolute atomic E-state index is 0.229. The number of benzene rings is 1. The highest BCUT2D eigenvalue weighted by Gasteiger charge is 2.14.